The van der Waals surface area contributed by atoms with E-state index in [0.717, 1.165) is 0 Å². The van der Waals surface area contributed by atoms with Gasteiger partial charge in [0.1, 0.15) is 20.0 Å². The molecule has 86 valence electrons. The predicted octanol–water partition coefficient (Wildman–Crippen LogP) is -0.0707. The van der Waals surface area contributed by atoms with E-state index in [4.69, 9.17) is 9.47 Å². The number of hydrogen-bond acceptors (Lipinski definition) is 6. The van der Waals surface area contributed by atoms with E-state index in [1.165, 1.54) is 0 Å². The maximum absolute atomic E-state index is 10.9. The van der Waals surface area contributed by atoms with Gasteiger partial charge in [-0.1, -0.05) is 0 Å². The fraction of sp³-hybridized carbons (Fsp3) is 0.750. The fourth-order valence-corrected chi connectivity index (χ4v) is 1.24. The lowest BCUT2D eigenvalue weighted by molar-refractivity contribution is -0.150. The lowest BCUT2D eigenvalue weighted by Gasteiger charge is -2.15. The quantitative estimate of drug-likeness (QED) is 0.532. The molecule has 0 aliphatic carbocycles. The first-order chi connectivity index (χ1) is 7.13. The van der Waals surface area contributed by atoms with Crippen LogP contribution in [-0.4, -0.2) is 54.7 Å². The van der Waals surface area contributed by atoms with Gasteiger partial charge in [-0.15, -0.1) is 17.7 Å². The van der Waals surface area contributed by atoms with Crippen LogP contribution in [0.1, 0.15) is 6.92 Å². The lowest BCUT2D eigenvalue weighted by Crippen LogP contribution is -2.27. The average Bonchev–Trinajstić information content (AvgIpc) is 2.46. The number of rotatable bonds is 5. The minimum absolute atomic E-state index is 0.0501. The Balaban J connectivity index is 2.14. The molecule has 0 aromatic heterocycles. The van der Waals surface area contributed by atoms with Crippen molar-refractivity contribution in [3.63, 3.8) is 0 Å². The van der Waals surface area contributed by atoms with Crippen molar-refractivity contribution in [1.82, 2.24) is 9.91 Å². The number of hydrazone groups is 1. The van der Waals surface area contributed by atoms with Crippen LogP contribution in [0, 0.1) is 0 Å². The van der Waals surface area contributed by atoms with Crippen molar-refractivity contribution < 1.29 is 14.3 Å². The van der Waals surface area contributed by atoms with Gasteiger partial charge >= 0.3 is 5.97 Å². The maximum Gasteiger partial charge on any atom is 0.332 e. The molecule has 1 aliphatic rings. The average molecular weight is 233 g/mol. The van der Waals surface area contributed by atoms with Crippen molar-refractivity contribution in [2.75, 3.05) is 33.7 Å². The maximum atomic E-state index is 10.9. The minimum Gasteiger partial charge on any atom is -0.464 e. The second-order valence-corrected chi connectivity index (χ2v) is 3.43. The highest BCUT2D eigenvalue weighted by atomic mass is 32.1. The molecule has 0 atom stereocenters. The lowest BCUT2D eigenvalue weighted by atomic mass is 10.7. The van der Waals surface area contributed by atoms with E-state index in [2.05, 4.69) is 17.7 Å². The summed E-state index contributed by atoms with van der Waals surface area (Å²) in [6, 6.07) is 0. The Hall–Kier alpha value is -0.950. The Labute approximate surface area is 94.2 Å². The van der Waals surface area contributed by atoms with Crippen LogP contribution in [-0.2, 0) is 14.3 Å². The van der Waals surface area contributed by atoms with Gasteiger partial charge in [0.2, 0.25) is 0 Å². The monoisotopic (exact) mass is 233 g/mol. The third-order valence-electron chi connectivity index (χ3n) is 1.71. The molecule has 0 amide bonds. The molecule has 0 aromatic carbocycles. The predicted molar refractivity (Wildman–Crippen MR) is 58.3 cm³/mol. The molecule has 0 fully saturated rings. The van der Waals surface area contributed by atoms with Crippen LogP contribution in [0.4, 0.5) is 0 Å². The Bertz CT molecular complexity index is 260. The number of carbonyl (C=O) groups excluding carboxylic acids is 1. The van der Waals surface area contributed by atoms with E-state index in [1.807, 2.05) is 11.9 Å². The van der Waals surface area contributed by atoms with Crippen molar-refractivity contribution in [3.8, 4) is 0 Å². The molecular formula is C8H15N3O3S. The molecule has 0 radical (unpaired) electrons. The number of hydrogen-bond donors (Lipinski definition) is 1. The highest BCUT2D eigenvalue weighted by molar-refractivity contribution is 7.96. The zero-order valence-corrected chi connectivity index (χ0v) is 9.74. The van der Waals surface area contributed by atoms with Crippen molar-refractivity contribution in [1.29, 1.82) is 0 Å². The molecule has 1 heterocycles. The summed E-state index contributed by atoms with van der Waals surface area (Å²) in [5.41, 5.74) is 0. The van der Waals surface area contributed by atoms with Gasteiger partial charge in [-0.25, -0.2) is 9.80 Å². The minimum atomic E-state index is -0.361. The topological polar surface area (TPSA) is 54.4 Å². The van der Waals surface area contributed by atoms with E-state index < -0.39 is 0 Å². The van der Waals surface area contributed by atoms with E-state index in [-0.39, 0.29) is 19.3 Å². The zero-order valence-electron chi connectivity index (χ0n) is 8.84. The molecule has 6 nitrogen and oxygen atoms in total. The van der Waals surface area contributed by atoms with Crippen molar-refractivity contribution in [2.24, 2.45) is 5.10 Å². The van der Waals surface area contributed by atoms with Gasteiger partial charge in [0.25, 0.3) is 0 Å². The van der Waals surface area contributed by atoms with Crippen molar-refractivity contribution in [3.05, 3.63) is 0 Å². The van der Waals surface area contributed by atoms with Gasteiger partial charge in [-0.3, -0.25) is 0 Å². The number of thiol groups is 1. The van der Waals surface area contributed by atoms with Crippen molar-refractivity contribution in [2.45, 2.75) is 6.92 Å². The Morgan fingerprint density at radius 2 is 2.40 bits per heavy atom. The number of carbonyl (C=O) groups is 1. The molecule has 0 spiro atoms. The fourth-order valence-electron chi connectivity index (χ4n) is 1.05. The van der Waals surface area contributed by atoms with Crippen LogP contribution in [0.5, 0.6) is 0 Å². The summed E-state index contributed by atoms with van der Waals surface area (Å²) in [7, 11) is 1.87. The zero-order chi connectivity index (χ0) is 11.3. The molecule has 0 N–H and O–H groups in total. The summed E-state index contributed by atoms with van der Waals surface area (Å²) in [5, 5.41) is 6.38. The van der Waals surface area contributed by atoms with Crippen molar-refractivity contribution >= 4 is 23.8 Å². The smallest absolute Gasteiger partial charge is 0.332 e. The van der Waals surface area contributed by atoms with Gasteiger partial charge in [-0.05, 0) is 6.92 Å². The summed E-state index contributed by atoms with van der Waals surface area (Å²) < 4.78 is 9.82. The summed E-state index contributed by atoms with van der Waals surface area (Å²) in [6.45, 7) is 2.94. The third kappa shape index (κ3) is 3.96. The highest BCUT2D eigenvalue weighted by Crippen LogP contribution is 2.07. The summed E-state index contributed by atoms with van der Waals surface area (Å²) in [5.74, 6) is -0.361. The van der Waals surface area contributed by atoms with Gasteiger partial charge < -0.3 is 14.4 Å². The van der Waals surface area contributed by atoms with Gasteiger partial charge in [0, 0.05) is 7.05 Å². The van der Waals surface area contributed by atoms with Crippen LogP contribution >= 0.6 is 12.6 Å². The second kappa shape index (κ2) is 5.82. The molecule has 15 heavy (non-hydrogen) atoms. The van der Waals surface area contributed by atoms with Gasteiger partial charge in [-0.2, -0.15) is 0 Å². The normalized spacial score (nSPS) is 15.5. The SMILES string of the molecule is CCOC(=O)COCN1CN(C)C(S)=N1. The third-order valence-corrected chi connectivity index (χ3v) is 2.14. The highest BCUT2D eigenvalue weighted by Gasteiger charge is 2.16. The Morgan fingerprint density at radius 1 is 1.67 bits per heavy atom. The molecule has 0 aromatic rings. The molecule has 0 saturated heterocycles. The van der Waals surface area contributed by atoms with Crippen LogP contribution in [0.15, 0.2) is 5.10 Å². The molecule has 1 rings (SSSR count). The first-order valence-electron chi connectivity index (χ1n) is 4.60. The van der Waals surface area contributed by atoms with Gasteiger partial charge in [0.15, 0.2) is 5.17 Å². The molecule has 0 unspecified atom stereocenters. The number of ether oxygens (including phenoxy) is 2. The molecule has 0 saturated carbocycles. The van der Waals surface area contributed by atoms with Crippen LogP contribution in [0.2, 0.25) is 0 Å². The number of nitrogens with zero attached hydrogens (tertiary/aromatic N) is 3. The first-order valence-corrected chi connectivity index (χ1v) is 5.05. The standard InChI is InChI=1S/C8H15N3O3S/c1-3-14-7(12)4-13-6-11-5-10(2)8(15)9-11/h3-6H2,1-2H3,(H,9,15). The van der Waals surface area contributed by atoms with E-state index in [1.54, 1.807) is 11.9 Å². The summed E-state index contributed by atoms with van der Waals surface area (Å²) >= 11 is 4.13. The summed E-state index contributed by atoms with van der Waals surface area (Å²) in [4.78, 5) is 12.8. The number of esters is 1. The van der Waals surface area contributed by atoms with E-state index >= 15 is 0 Å². The van der Waals surface area contributed by atoms with Gasteiger partial charge in [0.05, 0.1) is 6.61 Å². The Morgan fingerprint density at radius 3 is 2.93 bits per heavy atom. The Kier molecular flexibility index (Phi) is 4.70. The first kappa shape index (κ1) is 12.1. The largest absolute Gasteiger partial charge is 0.464 e. The number of amidine groups is 1. The molecular weight excluding hydrogens is 218 g/mol. The van der Waals surface area contributed by atoms with Crippen LogP contribution in [0.25, 0.3) is 0 Å². The van der Waals surface area contributed by atoms with Crippen LogP contribution in [0.3, 0.4) is 0 Å². The van der Waals surface area contributed by atoms with E-state index in [0.29, 0.717) is 18.4 Å². The molecule has 0 bridgehead atoms. The summed E-state index contributed by atoms with van der Waals surface area (Å²) in [6.07, 6.45) is 0. The second-order valence-electron chi connectivity index (χ2n) is 3.03. The molecule has 7 heteroatoms. The van der Waals surface area contributed by atoms with E-state index in [9.17, 15) is 4.79 Å². The molecule has 1 aliphatic heterocycles. The van der Waals surface area contributed by atoms with Crippen LogP contribution < -0.4 is 0 Å².